The number of ether oxygens (including phenoxy) is 2. The number of esters is 1. The SMILES string of the molecule is CC(C)(C)OC(=O)Cc1ccc2c(c1)N(S(=O)(=O)c1cccc(C(F)(F)F)c1)C[C@@H](CC1(C#N)CC1)O2. The van der Waals surface area contributed by atoms with Crippen LogP contribution in [0.2, 0.25) is 0 Å². The molecular weight excluding hydrogens is 509 g/mol. The van der Waals surface area contributed by atoms with E-state index in [2.05, 4.69) is 6.07 Å². The minimum absolute atomic E-state index is 0.108. The van der Waals surface area contributed by atoms with Crippen LogP contribution in [0.1, 0.15) is 51.2 Å². The fraction of sp³-hybridized carbons (Fsp3) is 0.462. The van der Waals surface area contributed by atoms with Crippen molar-refractivity contribution in [3.63, 3.8) is 0 Å². The molecule has 37 heavy (non-hydrogen) atoms. The first-order valence-corrected chi connectivity index (χ1v) is 13.2. The molecule has 0 saturated heterocycles. The second-order valence-corrected chi connectivity index (χ2v) is 12.3. The third-order valence-electron chi connectivity index (χ3n) is 6.18. The van der Waals surface area contributed by atoms with E-state index in [0.717, 1.165) is 22.5 Å². The van der Waals surface area contributed by atoms with E-state index in [-0.39, 0.29) is 30.8 Å². The number of rotatable bonds is 6. The summed E-state index contributed by atoms with van der Waals surface area (Å²) >= 11 is 0. The summed E-state index contributed by atoms with van der Waals surface area (Å²) < 4.78 is 79.7. The predicted octanol–water partition coefficient (Wildman–Crippen LogP) is 5.24. The lowest BCUT2D eigenvalue weighted by molar-refractivity contribution is -0.153. The zero-order valence-corrected chi connectivity index (χ0v) is 21.4. The molecule has 2 aromatic rings. The van der Waals surface area contributed by atoms with Crippen molar-refractivity contribution in [2.75, 3.05) is 10.8 Å². The zero-order valence-electron chi connectivity index (χ0n) is 20.6. The molecule has 2 aromatic carbocycles. The van der Waals surface area contributed by atoms with Gasteiger partial charge in [-0.05, 0) is 69.5 Å². The van der Waals surface area contributed by atoms with Crippen LogP contribution in [0.5, 0.6) is 5.75 Å². The average Bonchev–Trinajstić information content (AvgIpc) is 3.57. The van der Waals surface area contributed by atoms with Crippen LogP contribution in [0.15, 0.2) is 47.4 Å². The van der Waals surface area contributed by atoms with E-state index in [9.17, 15) is 31.6 Å². The first-order chi connectivity index (χ1) is 17.1. The van der Waals surface area contributed by atoms with Crippen molar-refractivity contribution >= 4 is 21.7 Å². The van der Waals surface area contributed by atoms with E-state index in [1.54, 1.807) is 26.8 Å². The summed E-state index contributed by atoms with van der Waals surface area (Å²) in [4.78, 5) is 11.8. The lowest BCUT2D eigenvalue weighted by Gasteiger charge is -2.36. The van der Waals surface area contributed by atoms with Gasteiger partial charge in [0.05, 0.1) is 40.6 Å². The average molecular weight is 537 g/mol. The van der Waals surface area contributed by atoms with Crippen molar-refractivity contribution in [1.82, 2.24) is 0 Å². The van der Waals surface area contributed by atoms with Gasteiger partial charge in [-0.3, -0.25) is 9.10 Å². The van der Waals surface area contributed by atoms with Crippen molar-refractivity contribution in [3.8, 4) is 11.8 Å². The molecule has 1 fully saturated rings. The molecule has 1 heterocycles. The quantitative estimate of drug-likeness (QED) is 0.469. The number of alkyl halides is 3. The van der Waals surface area contributed by atoms with Crippen LogP contribution < -0.4 is 9.04 Å². The normalized spacial score (nSPS) is 18.8. The Hall–Kier alpha value is -3.26. The summed E-state index contributed by atoms with van der Waals surface area (Å²) in [5.74, 6) is -0.312. The van der Waals surface area contributed by atoms with Gasteiger partial charge in [-0.1, -0.05) is 12.1 Å². The molecule has 1 saturated carbocycles. The number of nitrogens with zero attached hydrogens (tertiary/aromatic N) is 2. The minimum atomic E-state index is -4.72. The van der Waals surface area contributed by atoms with E-state index in [4.69, 9.17) is 9.47 Å². The second-order valence-electron chi connectivity index (χ2n) is 10.5. The number of sulfonamides is 1. The molecule has 0 radical (unpaired) electrons. The van der Waals surface area contributed by atoms with Gasteiger partial charge < -0.3 is 9.47 Å². The maximum Gasteiger partial charge on any atom is 0.416 e. The molecular formula is C26H27F3N2O5S. The zero-order chi connectivity index (χ0) is 27.2. The number of carbonyl (C=O) groups excluding carboxylic acids is 1. The molecule has 4 rings (SSSR count). The predicted molar refractivity (Wildman–Crippen MR) is 128 cm³/mol. The Morgan fingerprint density at radius 1 is 1.19 bits per heavy atom. The van der Waals surface area contributed by atoms with Crippen LogP contribution >= 0.6 is 0 Å². The molecule has 0 spiro atoms. The Labute approximate surface area is 213 Å². The third kappa shape index (κ3) is 6.01. The largest absolute Gasteiger partial charge is 0.486 e. The van der Waals surface area contributed by atoms with Crippen LogP contribution in [0, 0.1) is 16.7 Å². The Balaban J connectivity index is 1.73. The van der Waals surface area contributed by atoms with Gasteiger partial charge in [0.2, 0.25) is 0 Å². The minimum Gasteiger partial charge on any atom is -0.486 e. The molecule has 0 bridgehead atoms. The maximum absolute atomic E-state index is 13.7. The molecule has 0 amide bonds. The fourth-order valence-corrected chi connectivity index (χ4v) is 5.80. The number of fused-ring (bicyclic) bond motifs is 1. The van der Waals surface area contributed by atoms with Gasteiger partial charge in [0.25, 0.3) is 10.0 Å². The van der Waals surface area contributed by atoms with E-state index >= 15 is 0 Å². The summed E-state index contributed by atoms with van der Waals surface area (Å²) in [5.41, 5.74) is -1.82. The van der Waals surface area contributed by atoms with Crippen molar-refractivity contribution < 1.29 is 35.9 Å². The third-order valence-corrected chi connectivity index (χ3v) is 7.96. The maximum atomic E-state index is 13.7. The molecule has 0 N–H and O–H groups in total. The smallest absolute Gasteiger partial charge is 0.416 e. The van der Waals surface area contributed by atoms with Gasteiger partial charge in [0.15, 0.2) is 0 Å². The second kappa shape index (κ2) is 9.24. The number of carbonyl (C=O) groups is 1. The molecule has 1 aliphatic heterocycles. The number of anilines is 1. The topological polar surface area (TPSA) is 96.7 Å². The Bertz CT molecular complexity index is 1360. The number of halogens is 3. The highest BCUT2D eigenvalue weighted by Gasteiger charge is 2.47. The van der Waals surface area contributed by atoms with Crippen LogP contribution in [-0.2, 0) is 32.2 Å². The molecule has 7 nitrogen and oxygen atoms in total. The Kier molecular flexibility index (Phi) is 6.69. The number of benzene rings is 2. The molecule has 2 aliphatic rings. The van der Waals surface area contributed by atoms with Gasteiger partial charge in [-0.25, -0.2) is 8.42 Å². The molecule has 1 atom stereocenters. The highest BCUT2D eigenvalue weighted by atomic mass is 32.2. The molecule has 198 valence electrons. The van der Waals surface area contributed by atoms with Crippen LogP contribution in [0.4, 0.5) is 18.9 Å². The molecule has 0 aromatic heterocycles. The summed E-state index contributed by atoms with van der Waals surface area (Å²) in [6, 6.07) is 10.4. The van der Waals surface area contributed by atoms with E-state index in [1.165, 1.54) is 12.1 Å². The van der Waals surface area contributed by atoms with Crippen LogP contribution in [0.3, 0.4) is 0 Å². The standard InChI is InChI=1S/C26H27F3N2O5S/c1-24(2,3)36-23(32)12-17-7-8-22-21(11-17)31(15-19(35-22)14-25(16-30)9-10-25)37(33,34)20-6-4-5-18(13-20)26(27,28)29/h4-8,11,13,19H,9-10,12,14-15H2,1-3H3/t19-/m1/s1. The fourth-order valence-electron chi connectivity index (χ4n) is 4.25. The van der Waals surface area contributed by atoms with Crippen molar-refractivity contribution in [2.24, 2.45) is 5.41 Å². The monoisotopic (exact) mass is 536 g/mol. The summed E-state index contributed by atoms with van der Waals surface area (Å²) in [6.07, 6.45) is -3.90. The molecule has 1 aliphatic carbocycles. The van der Waals surface area contributed by atoms with Gasteiger partial charge >= 0.3 is 12.1 Å². The first kappa shape index (κ1) is 26.8. The lowest BCUT2D eigenvalue weighted by atomic mass is 9.99. The highest BCUT2D eigenvalue weighted by molar-refractivity contribution is 7.92. The molecule has 0 unspecified atom stereocenters. The number of hydrogen-bond donors (Lipinski definition) is 0. The van der Waals surface area contributed by atoms with Crippen LogP contribution in [0.25, 0.3) is 0 Å². The highest BCUT2D eigenvalue weighted by Crippen LogP contribution is 2.50. The number of nitriles is 1. The van der Waals surface area contributed by atoms with Crippen molar-refractivity contribution in [1.29, 1.82) is 5.26 Å². The summed E-state index contributed by atoms with van der Waals surface area (Å²) in [5, 5.41) is 9.51. The number of hydrogen-bond acceptors (Lipinski definition) is 6. The molecule has 11 heteroatoms. The van der Waals surface area contributed by atoms with Crippen molar-refractivity contribution in [3.05, 3.63) is 53.6 Å². The summed E-state index contributed by atoms with van der Waals surface area (Å²) in [6.45, 7) is 4.99. The van der Waals surface area contributed by atoms with Gasteiger partial charge in [0, 0.05) is 6.42 Å². The lowest BCUT2D eigenvalue weighted by Crippen LogP contribution is -2.44. The van der Waals surface area contributed by atoms with E-state index < -0.39 is 49.7 Å². The van der Waals surface area contributed by atoms with Gasteiger partial charge in [-0.15, -0.1) is 0 Å². The van der Waals surface area contributed by atoms with Gasteiger partial charge in [-0.2, -0.15) is 18.4 Å². The Morgan fingerprint density at radius 3 is 2.49 bits per heavy atom. The van der Waals surface area contributed by atoms with Gasteiger partial charge in [0.1, 0.15) is 17.5 Å². The summed E-state index contributed by atoms with van der Waals surface area (Å²) in [7, 11) is -4.45. The van der Waals surface area contributed by atoms with Crippen molar-refractivity contribution in [2.45, 2.75) is 69.2 Å². The van der Waals surface area contributed by atoms with Crippen LogP contribution in [-0.4, -0.2) is 32.6 Å². The Morgan fingerprint density at radius 2 is 1.89 bits per heavy atom. The van der Waals surface area contributed by atoms with E-state index in [1.807, 2.05) is 0 Å². The first-order valence-electron chi connectivity index (χ1n) is 11.7. The van der Waals surface area contributed by atoms with E-state index in [0.29, 0.717) is 24.5 Å².